The molecule has 10 nitrogen and oxygen atoms in total. The third kappa shape index (κ3) is 5.80. The number of para-hydroxylation sites is 2. The lowest BCUT2D eigenvalue weighted by Crippen LogP contribution is -2.27. The lowest BCUT2D eigenvalue weighted by atomic mass is 9.95. The molecule has 1 heterocycles. The van der Waals surface area contributed by atoms with Crippen molar-refractivity contribution < 1.29 is 22.7 Å². The Labute approximate surface area is 249 Å². The van der Waals surface area contributed by atoms with Crippen LogP contribution in [0.1, 0.15) is 18.4 Å². The maximum atomic E-state index is 13.7. The van der Waals surface area contributed by atoms with Crippen molar-refractivity contribution in [2.45, 2.75) is 23.2 Å². The van der Waals surface area contributed by atoms with Gasteiger partial charge in [0.25, 0.3) is 10.0 Å². The Kier molecular flexibility index (Phi) is 7.32. The van der Waals surface area contributed by atoms with E-state index in [0.29, 0.717) is 33.9 Å². The number of carbonyl (C=O) groups is 1. The van der Waals surface area contributed by atoms with Gasteiger partial charge in [0.1, 0.15) is 11.5 Å². The van der Waals surface area contributed by atoms with E-state index < -0.39 is 15.4 Å². The molecular formula is C32H29N5O5S. The lowest BCUT2D eigenvalue weighted by molar-refractivity contribution is -0.118. The number of aromatic nitrogens is 2. The van der Waals surface area contributed by atoms with E-state index >= 15 is 0 Å². The molecule has 3 N–H and O–H groups in total. The normalized spacial score (nSPS) is 13.6. The average Bonchev–Trinajstić information content (AvgIpc) is 3.84. The summed E-state index contributed by atoms with van der Waals surface area (Å²) in [4.78, 5) is 22.4. The van der Waals surface area contributed by atoms with Gasteiger partial charge in [0.05, 0.1) is 35.6 Å². The topological polar surface area (TPSA) is 132 Å². The van der Waals surface area contributed by atoms with Gasteiger partial charge in [-0.05, 0) is 48.7 Å². The van der Waals surface area contributed by atoms with Crippen LogP contribution in [0.15, 0.2) is 102 Å². The zero-order valence-corrected chi connectivity index (χ0v) is 24.3. The minimum atomic E-state index is -4.15. The summed E-state index contributed by atoms with van der Waals surface area (Å²) in [6, 6.07) is 28.1. The molecule has 0 unspecified atom stereocenters. The van der Waals surface area contributed by atoms with Crippen LogP contribution in [0.25, 0.3) is 11.0 Å². The number of nitrogens with zero attached hydrogens (tertiary/aromatic N) is 2. The van der Waals surface area contributed by atoms with Crippen LogP contribution in [0.5, 0.6) is 11.5 Å². The molecule has 1 saturated carbocycles. The van der Waals surface area contributed by atoms with Crippen LogP contribution in [0.2, 0.25) is 0 Å². The molecule has 0 atom stereocenters. The smallest absolute Gasteiger partial charge is 0.263 e. The van der Waals surface area contributed by atoms with Crippen molar-refractivity contribution in [2.75, 3.05) is 29.6 Å². The van der Waals surface area contributed by atoms with Crippen molar-refractivity contribution in [3.63, 3.8) is 0 Å². The summed E-state index contributed by atoms with van der Waals surface area (Å²) in [6.07, 6.45) is 1.47. The molecule has 1 aliphatic rings. The number of anilines is 4. The van der Waals surface area contributed by atoms with Crippen molar-refractivity contribution in [2.24, 2.45) is 0 Å². The van der Waals surface area contributed by atoms with Gasteiger partial charge < -0.3 is 20.1 Å². The first kappa shape index (κ1) is 28.0. The number of fused-ring (bicyclic) bond motifs is 1. The molecule has 218 valence electrons. The average molecular weight is 596 g/mol. The van der Waals surface area contributed by atoms with Crippen LogP contribution in [-0.4, -0.2) is 38.5 Å². The highest BCUT2D eigenvalue weighted by Gasteiger charge is 2.51. The van der Waals surface area contributed by atoms with Gasteiger partial charge >= 0.3 is 0 Å². The highest BCUT2D eigenvalue weighted by molar-refractivity contribution is 7.92. The van der Waals surface area contributed by atoms with E-state index in [1.54, 1.807) is 48.5 Å². The minimum Gasteiger partial charge on any atom is -0.497 e. The molecule has 0 spiro atoms. The Bertz CT molecular complexity index is 1910. The molecule has 6 rings (SSSR count). The van der Waals surface area contributed by atoms with Crippen molar-refractivity contribution >= 4 is 50.0 Å². The fourth-order valence-electron chi connectivity index (χ4n) is 4.88. The summed E-state index contributed by atoms with van der Waals surface area (Å²) >= 11 is 0. The number of hydrogen-bond donors (Lipinski definition) is 3. The van der Waals surface area contributed by atoms with Gasteiger partial charge in [-0.25, -0.2) is 18.4 Å². The Morgan fingerprint density at radius 1 is 0.744 bits per heavy atom. The van der Waals surface area contributed by atoms with Crippen LogP contribution >= 0.6 is 0 Å². The second kappa shape index (κ2) is 11.3. The van der Waals surface area contributed by atoms with Gasteiger partial charge in [0.2, 0.25) is 5.91 Å². The number of amides is 1. The zero-order chi connectivity index (χ0) is 30.0. The summed E-state index contributed by atoms with van der Waals surface area (Å²) in [5.41, 5.74) is 2.35. The predicted molar refractivity (Wildman–Crippen MR) is 166 cm³/mol. The Hall–Kier alpha value is -5.16. The fourth-order valence-corrected chi connectivity index (χ4v) is 5.94. The zero-order valence-electron chi connectivity index (χ0n) is 23.5. The highest BCUT2D eigenvalue weighted by Crippen LogP contribution is 2.49. The predicted octanol–water partition coefficient (Wildman–Crippen LogP) is 5.86. The number of hydrogen-bond acceptors (Lipinski definition) is 8. The molecule has 1 amide bonds. The highest BCUT2D eigenvalue weighted by atomic mass is 32.2. The monoisotopic (exact) mass is 595 g/mol. The number of benzene rings is 4. The van der Waals surface area contributed by atoms with Gasteiger partial charge in [0, 0.05) is 29.6 Å². The van der Waals surface area contributed by atoms with E-state index in [2.05, 4.69) is 25.3 Å². The summed E-state index contributed by atoms with van der Waals surface area (Å²) in [5.74, 6) is 1.09. The number of nitrogens with one attached hydrogen (secondary N) is 3. The van der Waals surface area contributed by atoms with Gasteiger partial charge in [-0.2, -0.15) is 0 Å². The van der Waals surface area contributed by atoms with Gasteiger partial charge in [0.15, 0.2) is 11.6 Å². The third-order valence-electron chi connectivity index (χ3n) is 7.33. The SMILES string of the molecule is COc1cc(Nc2nc3ccccc3nc2NS(=O)(=O)c2cccc(NC(=O)C3(c4ccccc4)CC3)c2)cc(OC)c1. The molecule has 0 bridgehead atoms. The second-order valence-corrected chi connectivity index (χ2v) is 11.9. The van der Waals surface area contributed by atoms with Gasteiger partial charge in [-0.1, -0.05) is 48.5 Å². The maximum Gasteiger partial charge on any atom is 0.263 e. The fraction of sp³-hybridized carbons (Fsp3) is 0.156. The second-order valence-electron chi connectivity index (χ2n) is 10.2. The first-order chi connectivity index (χ1) is 20.8. The first-order valence-electron chi connectivity index (χ1n) is 13.6. The van der Waals surface area contributed by atoms with E-state index in [1.165, 1.54) is 26.4 Å². The minimum absolute atomic E-state index is 0.00376. The van der Waals surface area contributed by atoms with E-state index in [9.17, 15) is 13.2 Å². The number of methoxy groups -OCH3 is 2. The molecule has 1 aliphatic carbocycles. The molecule has 1 aromatic heterocycles. The van der Waals surface area contributed by atoms with Crippen LogP contribution in [0.3, 0.4) is 0 Å². The quantitative estimate of drug-likeness (QED) is 0.183. The molecule has 43 heavy (non-hydrogen) atoms. The van der Waals surface area contributed by atoms with Crippen LogP contribution in [0.4, 0.5) is 23.0 Å². The van der Waals surface area contributed by atoms with Crippen molar-refractivity contribution in [3.8, 4) is 11.5 Å². The van der Waals surface area contributed by atoms with E-state index in [0.717, 1.165) is 18.4 Å². The van der Waals surface area contributed by atoms with E-state index in [4.69, 9.17) is 9.47 Å². The van der Waals surface area contributed by atoms with Crippen LogP contribution in [-0.2, 0) is 20.2 Å². The number of ether oxygens (including phenoxy) is 2. The molecule has 11 heteroatoms. The summed E-state index contributed by atoms with van der Waals surface area (Å²) in [5, 5.41) is 6.06. The molecule has 5 aromatic rings. The number of rotatable bonds is 10. The summed E-state index contributed by atoms with van der Waals surface area (Å²) in [7, 11) is -1.07. The van der Waals surface area contributed by atoms with Crippen molar-refractivity contribution in [1.82, 2.24) is 9.97 Å². The Morgan fingerprint density at radius 2 is 1.37 bits per heavy atom. The molecule has 0 radical (unpaired) electrons. The Balaban J connectivity index is 1.30. The standard InChI is InChI=1S/C32H29N5O5S/c1-41-24-17-23(18-25(20-24)42-2)33-29-30(36-28-14-7-6-13-27(28)35-29)37-43(39,40)26-12-8-11-22(19-26)34-31(38)32(15-16-32)21-9-4-3-5-10-21/h3-14,17-20H,15-16H2,1-2H3,(H,33,35)(H,34,38)(H,36,37). The van der Waals surface area contributed by atoms with Crippen molar-refractivity contribution in [3.05, 3.63) is 103 Å². The van der Waals surface area contributed by atoms with Crippen LogP contribution in [0, 0.1) is 0 Å². The maximum absolute atomic E-state index is 13.7. The first-order valence-corrected chi connectivity index (χ1v) is 15.0. The number of sulfonamides is 1. The molecule has 1 fully saturated rings. The Morgan fingerprint density at radius 3 is 2.00 bits per heavy atom. The lowest BCUT2D eigenvalue weighted by Gasteiger charge is -2.17. The number of carbonyl (C=O) groups excluding carboxylic acids is 1. The van der Waals surface area contributed by atoms with Crippen LogP contribution < -0.4 is 24.8 Å². The van der Waals surface area contributed by atoms with E-state index in [-0.39, 0.29) is 22.4 Å². The van der Waals surface area contributed by atoms with Crippen molar-refractivity contribution in [1.29, 1.82) is 0 Å². The van der Waals surface area contributed by atoms with Gasteiger partial charge in [-0.3, -0.25) is 9.52 Å². The summed E-state index contributed by atoms with van der Waals surface area (Å²) < 4.78 is 40.6. The third-order valence-corrected chi connectivity index (χ3v) is 8.67. The molecule has 4 aromatic carbocycles. The molecule has 0 aliphatic heterocycles. The van der Waals surface area contributed by atoms with Gasteiger partial charge in [-0.15, -0.1) is 0 Å². The largest absolute Gasteiger partial charge is 0.497 e. The summed E-state index contributed by atoms with van der Waals surface area (Å²) in [6.45, 7) is 0. The molecular weight excluding hydrogens is 566 g/mol. The van der Waals surface area contributed by atoms with E-state index in [1.807, 2.05) is 36.4 Å². The molecule has 0 saturated heterocycles.